The van der Waals surface area contributed by atoms with Crippen LogP contribution in [0.3, 0.4) is 0 Å². The molecule has 0 aromatic heterocycles. The van der Waals surface area contributed by atoms with Crippen molar-refractivity contribution >= 4 is 39.5 Å². The van der Waals surface area contributed by atoms with Crippen molar-refractivity contribution in [3.63, 3.8) is 0 Å². The molecule has 0 radical (unpaired) electrons. The fourth-order valence-electron chi connectivity index (χ4n) is 10.7. The number of hydrogen-bond acceptors (Lipinski definition) is 15. The van der Waals surface area contributed by atoms with E-state index < -0.39 is 97.5 Å². The molecule has 6 atom stereocenters. The largest absolute Gasteiger partial charge is 0.472 e. The first kappa shape index (κ1) is 90.5. The highest BCUT2D eigenvalue weighted by Gasteiger charge is 2.30. The first-order valence-corrected chi connectivity index (χ1v) is 40.7. The van der Waals surface area contributed by atoms with E-state index in [4.69, 9.17) is 37.0 Å². The smallest absolute Gasteiger partial charge is 0.462 e. The van der Waals surface area contributed by atoms with E-state index >= 15 is 0 Å². The van der Waals surface area contributed by atoms with Crippen LogP contribution in [0.5, 0.6) is 0 Å². The van der Waals surface area contributed by atoms with Crippen molar-refractivity contribution in [1.29, 1.82) is 0 Å². The van der Waals surface area contributed by atoms with Gasteiger partial charge in [-0.2, -0.15) is 0 Å². The fraction of sp³-hybridized carbons (Fsp3) is 0.892. The summed E-state index contributed by atoms with van der Waals surface area (Å²) >= 11 is 0. The molecule has 0 saturated heterocycles. The fourth-order valence-corrected chi connectivity index (χ4v) is 12.3. The van der Waals surface area contributed by atoms with E-state index in [9.17, 15) is 43.2 Å². The minimum Gasteiger partial charge on any atom is -0.462 e. The van der Waals surface area contributed by atoms with E-state index in [1.165, 1.54) is 135 Å². The van der Waals surface area contributed by atoms with Crippen LogP contribution in [-0.4, -0.2) is 96.7 Å². The number of unbranched alkanes of at least 4 members (excludes halogenated alkanes) is 34. The van der Waals surface area contributed by atoms with Gasteiger partial charge < -0.3 is 33.8 Å². The van der Waals surface area contributed by atoms with E-state index in [1.807, 2.05) is 0 Å². The number of ether oxygens (including phenoxy) is 4. The maximum absolute atomic E-state index is 13.1. The Hall–Kier alpha value is -2.46. The monoisotopic (exact) mass is 1360 g/mol. The van der Waals surface area contributed by atoms with Crippen LogP contribution in [0.2, 0.25) is 0 Å². The summed E-state index contributed by atoms with van der Waals surface area (Å²) in [4.78, 5) is 72.7. The van der Waals surface area contributed by atoms with Crippen LogP contribution >= 0.6 is 15.6 Å². The van der Waals surface area contributed by atoms with Crippen LogP contribution in [-0.2, 0) is 65.4 Å². The molecule has 0 spiro atoms. The highest BCUT2D eigenvalue weighted by molar-refractivity contribution is 7.47. The van der Waals surface area contributed by atoms with Crippen molar-refractivity contribution in [3.8, 4) is 0 Å². The van der Waals surface area contributed by atoms with Gasteiger partial charge in [0.05, 0.1) is 26.4 Å². The zero-order valence-corrected chi connectivity index (χ0v) is 62.0. The second-order valence-electron chi connectivity index (χ2n) is 27.2. The molecule has 0 aliphatic heterocycles. The molecule has 0 aliphatic carbocycles. The summed E-state index contributed by atoms with van der Waals surface area (Å²) in [6.45, 7) is 11.8. The standard InChI is InChI=1S/C74H140O17P2/c1-8-10-11-12-13-14-15-16-17-18-22-28-33-41-48-55-71(76)84-61-69(90-74(79)58-51-44-35-30-25-24-27-32-40-47-54-67(7)9-2)63-88-92(80,81)86-59-68(75)60-87-93(82,83)89-64-70(62-85-72(77)56-49-42-37-36-39-46-53-66(5)6)91-73(78)57-50-43-34-29-23-20-19-21-26-31-38-45-52-65(3)4/h14-17,65-70,75H,8-13,18-64H2,1-7H3,(H,80,81)(H,82,83)/b15-14-,17-16-/t67?,68-,69-,70-/m1/s1. The number of carbonyl (C=O) groups excluding carboxylic acids is 4. The second-order valence-corrected chi connectivity index (χ2v) is 30.1. The number of aliphatic hydroxyl groups excluding tert-OH is 1. The minimum absolute atomic E-state index is 0.0989. The van der Waals surface area contributed by atoms with E-state index in [0.717, 1.165) is 127 Å². The van der Waals surface area contributed by atoms with E-state index in [2.05, 4.69) is 72.8 Å². The Morgan fingerprint density at radius 3 is 0.957 bits per heavy atom. The number of rotatable bonds is 70. The quantitative estimate of drug-likeness (QED) is 0.0169. The third kappa shape index (κ3) is 66.6. The topological polar surface area (TPSA) is 237 Å². The van der Waals surface area contributed by atoms with Gasteiger partial charge in [0, 0.05) is 25.7 Å². The number of allylic oxidation sites excluding steroid dienone is 4. The molecular formula is C74H140O17P2. The zero-order chi connectivity index (χ0) is 68.7. The maximum atomic E-state index is 13.1. The molecule has 548 valence electrons. The Morgan fingerprint density at radius 1 is 0.355 bits per heavy atom. The molecule has 0 bridgehead atoms. The summed E-state index contributed by atoms with van der Waals surface area (Å²) in [5.41, 5.74) is 0. The van der Waals surface area contributed by atoms with Crippen LogP contribution < -0.4 is 0 Å². The molecule has 0 aromatic rings. The molecule has 93 heavy (non-hydrogen) atoms. The van der Waals surface area contributed by atoms with Gasteiger partial charge in [-0.05, 0) is 69.1 Å². The molecule has 0 fully saturated rings. The first-order valence-electron chi connectivity index (χ1n) is 37.7. The predicted octanol–water partition coefficient (Wildman–Crippen LogP) is 21.0. The van der Waals surface area contributed by atoms with Gasteiger partial charge >= 0.3 is 39.5 Å². The first-order chi connectivity index (χ1) is 44.8. The van der Waals surface area contributed by atoms with Gasteiger partial charge in [-0.25, -0.2) is 9.13 Å². The molecule has 0 amide bonds. The second kappa shape index (κ2) is 64.2. The van der Waals surface area contributed by atoms with Gasteiger partial charge in [-0.1, -0.05) is 297 Å². The van der Waals surface area contributed by atoms with Gasteiger partial charge in [-0.3, -0.25) is 37.3 Å². The number of carbonyl (C=O) groups is 4. The minimum atomic E-state index is -4.96. The molecule has 0 saturated carbocycles. The summed E-state index contributed by atoms with van der Waals surface area (Å²) in [7, 11) is -9.92. The highest BCUT2D eigenvalue weighted by atomic mass is 31.2. The molecule has 0 aliphatic rings. The lowest BCUT2D eigenvalue weighted by atomic mass is 9.99. The number of aliphatic hydroxyl groups is 1. The van der Waals surface area contributed by atoms with Gasteiger partial charge in [0.15, 0.2) is 12.2 Å². The number of esters is 4. The Kier molecular flexibility index (Phi) is 62.5. The number of hydrogen-bond donors (Lipinski definition) is 3. The highest BCUT2D eigenvalue weighted by Crippen LogP contribution is 2.45. The van der Waals surface area contributed by atoms with Crippen LogP contribution in [0.25, 0.3) is 0 Å². The third-order valence-corrected chi connectivity index (χ3v) is 18.8. The van der Waals surface area contributed by atoms with Crippen LogP contribution in [0.15, 0.2) is 24.3 Å². The van der Waals surface area contributed by atoms with E-state index in [1.54, 1.807) is 0 Å². The lowest BCUT2D eigenvalue weighted by Gasteiger charge is -2.21. The lowest BCUT2D eigenvalue weighted by Crippen LogP contribution is -2.30. The number of phosphoric ester groups is 2. The summed E-state index contributed by atoms with van der Waals surface area (Å²) in [5.74, 6) is 0.100. The Bertz CT molecular complexity index is 1910. The maximum Gasteiger partial charge on any atom is 0.472 e. The Balaban J connectivity index is 5.28. The van der Waals surface area contributed by atoms with Crippen LogP contribution in [0.1, 0.15) is 350 Å². The van der Waals surface area contributed by atoms with Crippen molar-refractivity contribution < 1.29 is 80.2 Å². The molecule has 0 aromatic carbocycles. The lowest BCUT2D eigenvalue weighted by molar-refractivity contribution is -0.161. The van der Waals surface area contributed by atoms with Gasteiger partial charge in [-0.15, -0.1) is 0 Å². The zero-order valence-electron chi connectivity index (χ0n) is 60.2. The third-order valence-electron chi connectivity index (χ3n) is 16.9. The van der Waals surface area contributed by atoms with Crippen molar-refractivity contribution in [2.45, 2.75) is 369 Å². The molecule has 0 heterocycles. The predicted molar refractivity (Wildman–Crippen MR) is 377 cm³/mol. The van der Waals surface area contributed by atoms with E-state index in [-0.39, 0.29) is 25.7 Å². The van der Waals surface area contributed by atoms with Crippen LogP contribution in [0.4, 0.5) is 0 Å². The summed E-state index contributed by atoms with van der Waals surface area (Å²) < 4.78 is 68.4. The van der Waals surface area contributed by atoms with Gasteiger partial charge in [0.25, 0.3) is 0 Å². The average molecular weight is 1360 g/mol. The van der Waals surface area contributed by atoms with Crippen LogP contribution in [0, 0.1) is 17.8 Å². The summed E-state index contributed by atoms with van der Waals surface area (Å²) in [5, 5.41) is 10.6. The normalized spacial score (nSPS) is 14.6. The van der Waals surface area contributed by atoms with Crippen molar-refractivity contribution in [2.24, 2.45) is 17.8 Å². The van der Waals surface area contributed by atoms with Gasteiger partial charge in [0.2, 0.25) is 0 Å². The summed E-state index contributed by atoms with van der Waals surface area (Å²) in [6.07, 6.45) is 52.2. The SMILES string of the molecule is CCCCCC/C=C\C=C/CCCCCCCC(=O)OC[C@H](COP(=O)(O)OC[C@@H](O)COP(=O)(O)OC[C@@H](COC(=O)CCCCCCCCC(C)C)OC(=O)CCCCCCCCCCCCCCC(C)C)OC(=O)CCCCCCCCCCCCC(C)CC. The number of phosphoric acid groups is 2. The van der Waals surface area contributed by atoms with Crippen molar-refractivity contribution in [3.05, 3.63) is 24.3 Å². The van der Waals surface area contributed by atoms with Crippen molar-refractivity contribution in [1.82, 2.24) is 0 Å². The molecule has 3 N–H and O–H groups in total. The Labute approximate surface area is 567 Å². The molecular weight excluding hydrogens is 1220 g/mol. The van der Waals surface area contributed by atoms with E-state index in [0.29, 0.717) is 31.6 Å². The molecule has 3 unspecified atom stereocenters. The molecule has 19 heteroatoms. The summed E-state index contributed by atoms with van der Waals surface area (Å²) in [6, 6.07) is 0. The average Bonchev–Trinajstić information content (AvgIpc) is 3.06. The van der Waals surface area contributed by atoms with Gasteiger partial charge in [0.1, 0.15) is 19.3 Å². The Morgan fingerprint density at radius 2 is 0.634 bits per heavy atom. The van der Waals surface area contributed by atoms with Crippen molar-refractivity contribution in [2.75, 3.05) is 39.6 Å². The molecule has 0 rings (SSSR count). The molecule has 17 nitrogen and oxygen atoms in total.